The van der Waals surface area contributed by atoms with E-state index < -0.39 is 0 Å². The molecule has 23 heavy (non-hydrogen) atoms. The van der Waals surface area contributed by atoms with Gasteiger partial charge in [0.2, 0.25) is 0 Å². The van der Waals surface area contributed by atoms with Crippen LogP contribution in [0.1, 0.15) is 9.67 Å². The van der Waals surface area contributed by atoms with Crippen molar-refractivity contribution in [1.29, 1.82) is 0 Å². The van der Waals surface area contributed by atoms with E-state index in [9.17, 15) is 4.79 Å². The molecule has 0 atom stereocenters. The summed E-state index contributed by atoms with van der Waals surface area (Å²) < 4.78 is 0.994. The van der Waals surface area contributed by atoms with Gasteiger partial charge in [-0.05, 0) is 29.6 Å². The highest BCUT2D eigenvalue weighted by Gasteiger charge is 2.22. The van der Waals surface area contributed by atoms with E-state index in [1.165, 1.54) is 27.6 Å². The summed E-state index contributed by atoms with van der Waals surface area (Å²) in [6, 6.07) is 9.35. The van der Waals surface area contributed by atoms with E-state index in [2.05, 4.69) is 19.1 Å². The molecule has 7 heteroatoms. The number of quaternary nitrogens is 1. The average Bonchev–Trinajstić information content (AvgIpc) is 3.15. The molecule has 120 valence electrons. The number of benzene rings is 1. The number of anilines is 1. The standard InChI is InChI=1S/C16H16ClN3OS2/c1-19(2)7-8-20(15(21)13-4-3-9-22-13)16-18-12-6-5-11(17)10-14(12)23-16/h3-6,9-10H,7-8H2,1-2H3/p+1. The van der Waals surface area contributed by atoms with E-state index in [1.807, 2.05) is 35.7 Å². The number of thiazole rings is 1. The highest BCUT2D eigenvalue weighted by molar-refractivity contribution is 7.22. The quantitative estimate of drug-likeness (QED) is 0.754. The smallest absolute Gasteiger partial charge is 0.270 e. The molecule has 2 heterocycles. The Morgan fingerprint density at radius 2 is 2.17 bits per heavy atom. The van der Waals surface area contributed by atoms with Gasteiger partial charge in [-0.25, -0.2) is 4.98 Å². The lowest BCUT2D eigenvalue weighted by Gasteiger charge is -2.19. The number of nitrogens with zero attached hydrogens (tertiary/aromatic N) is 2. The zero-order valence-electron chi connectivity index (χ0n) is 12.9. The first-order valence-corrected chi connectivity index (χ1v) is 9.32. The average molecular weight is 367 g/mol. The molecular weight excluding hydrogens is 350 g/mol. The van der Waals surface area contributed by atoms with Crippen LogP contribution in [0.5, 0.6) is 0 Å². The number of thiophene rings is 1. The third-order valence-electron chi connectivity index (χ3n) is 3.38. The maximum Gasteiger partial charge on any atom is 0.270 e. The molecule has 1 amide bonds. The monoisotopic (exact) mass is 366 g/mol. The molecule has 0 fully saturated rings. The Bertz CT molecular complexity index is 814. The lowest BCUT2D eigenvalue weighted by Crippen LogP contribution is -3.06. The van der Waals surface area contributed by atoms with Crippen LogP contribution in [0.25, 0.3) is 10.2 Å². The van der Waals surface area contributed by atoms with E-state index in [-0.39, 0.29) is 5.91 Å². The Labute approximate surface area is 147 Å². The van der Waals surface area contributed by atoms with E-state index in [0.29, 0.717) is 11.6 Å². The number of hydrogen-bond donors (Lipinski definition) is 1. The third kappa shape index (κ3) is 3.72. The number of hydrogen-bond acceptors (Lipinski definition) is 4. The summed E-state index contributed by atoms with van der Waals surface area (Å²) in [6.45, 7) is 1.49. The molecule has 0 spiro atoms. The molecule has 2 aromatic heterocycles. The fourth-order valence-electron chi connectivity index (χ4n) is 2.15. The molecule has 1 N–H and O–H groups in total. The molecule has 0 bridgehead atoms. The first-order chi connectivity index (χ1) is 11.0. The van der Waals surface area contributed by atoms with Crippen LogP contribution in [0.15, 0.2) is 35.7 Å². The molecule has 1 aromatic carbocycles. The number of rotatable bonds is 5. The minimum absolute atomic E-state index is 0.00593. The number of carbonyl (C=O) groups excluding carboxylic acids is 1. The van der Waals surface area contributed by atoms with Gasteiger partial charge in [-0.2, -0.15) is 0 Å². The van der Waals surface area contributed by atoms with E-state index in [4.69, 9.17) is 11.6 Å². The summed E-state index contributed by atoms with van der Waals surface area (Å²) in [6.07, 6.45) is 0. The molecule has 0 unspecified atom stereocenters. The van der Waals surface area contributed by atoms with Crippen LogP contribution in [0, 0.1) is 0 Å². The lowest BCUT2D eigenvalue weighted by molar-refractivity contribution is -0.856. The van der Waals surface area contributed by atoms with Crippen molar-refractivity contribution in [1.82, 2.24) is 4.98 Å². The molecule has 3 rings (SSSR count). The predicted molar refractivity (Wildman–Crippen MR) is 98.3 cm³/mol. The second-order valence-corrected chi connectivity index (χ2v) is 7.89. The number of amides is 1. The Kier molecular flexibility index (Phi) is 4.96. The number of halogens is 1. The minimum Gasteiger partial charge on any atom is -0.338 e. The van der Waals surface area contributed by atoms with Crippen molar-refractivity contribution >= 4 is 55.5 Å². The van der Waals surface area contributed by atoms with Gasteiger partial charge < -0.3 is 4.90 Å². The maximum atomic E-state index is 12.8. The van der Waals surface area contributed by atoms with Crippen LogP contribution in [0.2, 0.25) is 5.02 Å². The molecule has 0 saturated carbocycles. The third-order valence-corrected chi connectivity index (χ3v) is 5.52. The molecular formula is C16H17ClN3OS2+. The summed E-state index contributed by atoms with van der Waals surface area (Å²) in [5.41, 5.74) is 0.871. The van der Waals surface area contributed by atoms with Crippen molar-refractivity contribution in [2.75, 3.05) is 32.1 Å². The van der Waals surface area contributed by atoms with Crippen LogP contribution in [-0.2, 0) is 0 Å². The van der Waals surface area contributed by atoms with Gasteiger partial charge in [0.25, 0.3) is 5.91 Å². The first-order valence-electron chi connectivity index (χ1n) is 7.25. The van der Waals surface area contributed by atoms with Crippen LogP contribution < -0.4 is 9.80 Å². The largest absolute Gasteiger partial charge is 0.338 e. The molecule has 4 nitrogen and oxygen atoms in total. The summed E-state index contributed by atoms with van der Waals surface area (Å²) in [5.74, 6) is 0.00593. The van der Waals surface area contributed by atoms with Crippen molar-refractivity contribution in [2.45, 2.75) is 0 Å². The fraction of sp³-hybridized carbons (Fsp3) is 0.250. The van der Waals surface area contributed by atoms with Crippen molar-refractivity contribution in [3.05, 3.63) is 45.6 Å². The zero-order valence-corrected chi connectivity index (χ0v) is 15.3. The summed E-state index contributed by atoms with van der Waals surface area (Å²) >= 11 is 9.01. The van der Waals surface area contributed by atoms with Crippen LogP contribution in [0.3, 0.4) is 0 Å². The van der Waals surface area contributed by atoms with Crippen molar-refractivity contribution in [3.63, 3.8) is 0 Å². The van der Waals surface area contributed by atoms with Gasteiger partial charge in [-0.1, -0.05) is 29.0 Å². The number of nitrogens with one attached hydrogen (secondary N) is 1. The van der Waals surface area contributed by atoms with Gasteiger partial charge in [0.1, 0.15) is 0 Å². The van der Waals surface area contributed by atoms with Gasteiger partial charge >= 0.3 is 0 Å². The highest BCUT2D eigenvalue weighted by atomic mass is 35.5. The number of likely N-dealkylation sites (N-methyl/N-ethyl adjacent to an activating group) is 1. The van der Waals surface area contributed by atoms with Crippen molar-refractivity contribution in [3.8, 4) is 0 Å². The van der Waals surface area contributed by atoms with Crippen molar-refractivity contribution < 1.29 is 9.69 Å². The minimum atomic E-state index is 0.00593. The van der Waals surface area contributed by atoms with Gasteiger partial charge in [0, 0.05) is 5.02 Å². The van der Waals surface area contributed by atoms with Gasteiger partial charge in [-0.15, -0.1) is 11.3 Å². The molecule has 3 aromatic rings. The molecule has 0 radical (unpaired) electrons. The second-order valence-electron chi connectivity index (χ2n) is 5.50. The topological polar surface area (TPSA) is 37.6 Å². The first kappa shape index (κ1) is 16.4. The van der Waals surface area contributed by atoms with E-state index in [0.717, 1.165) is 26.8 Å². The van der Waals surface area contributed by atoms with Gasteiger partial charge in [0.15, 0.2) is 5.13 Å². The normalized spacial score (nSPS) is 11.3. The Morgan fingerprint density at radius 1 is 1.35 bits per heavy atom. The Hall–Kier alpha value is -1.47. The zero-order chi connectivity index (χ0) is 16.4. The van der Waals surface area contributed by atoms with Crippen LogP contribution >= 0.6 is 34.3 Å². The predicted octanol–water partition coefficient (Wildman–Crippen LogP) is 2.80. The molecule has 0 aliphatic rings. The SMILES string of the molecule is C[NH+](C)CCN(C(=O)c1cccs1)c1nc2ccc(Cl)cc2s1. The van der Waals surface area contributed by atoms with Crippen LogP contribution in [-0.4, -0.2) is 38.1 Å². The molecule has 0 aliphatic heterocycles. The summed E-state index contributed by atoms with van der Waals surface area (Å²) in [7, 11) is 4.15. The van der Waals surface area contributed by atoms with E-state index in [1.54, 1.807) is 4.90 Å². The number of aromatic nitrogens is 1. The summed E-state index contributed by atoms with van der Waals surface area (Å²) in [5, 5.41) is 3.32. The summed E-state index contributed by atoms with van der Waals surface area (Å²) in [4.78, 5) is 21.3. The molecule has 0 saturated heterocycles. The van der Waals surface area contributed by atoms with Gasteiger partial charge in [-0.3, -0.25) is 9.69 Å². The highest BCUT2D eigenvalue weighted by Crippen LogP contribution is 2.31. The van der Waals surface area contributed by atoms with Gasteiger partial charge in [0.05, 0.1) is 42.3 Å². The number of fused-ring (bicyclic) bond motifs is 1. The lowest BCUT2D eigenvalue weighted by atomic mass is 10.3. The molecule has 0 aliphatic carbocycles. The Balaban J connectivity index is 1.96. The number of carbonyl (C=O) groups is 1. The second kappa shape index (κ2) is 6.97. The van der Waals surface area contributed by atoms with Crippen molar-refractivity contribution in [2.24, 2.45) is 0 Å². The Morgan fingerprint density at radius 3 is 2.87 bits per heavy atom. The van der Waals surface area contributed by atoms with Crippen LogP contribution in [0.4, 0.5) is 5.13 Å². The maximum absolute atomic E-state index is 12.8. The fourth-order valence-corrected chi connectivity index (χ4v) is 4.09. The van der Waals surface area contributed by atoms with E-state index >= 15 is 0 Å².